The molecule has 3 aromatic heterocycles. The Morgan fingerprint density at radius 3 is 2.44 bits per heavy atom. The van der Waals surface area contributed by atoms with E-state index in [0.29, 0.717) is 12.3 Å². The van der Waals surface area contributed by atoms with Crippen LogP contribution in [0.3, 0.4) is 0 Å². The lowest BCUT2D eigenvalue weighted by Crippen LogP contribution is -2.23. The summed E-state index contributed by atoms with van der Waals surface area (Å²) >= 11 is 0. The smallest absolute Gasteiger partial charge is 0.273 e. The van der Waals surface area contributed by atoms with Crippen LogP contribution in [0.5, 0.6) is 0 Å². The van der Waals surface area contributed by atoms with Crippen LogP contribution in [0.1, 0.15) is 16.1 Å². The molecule has 0 radical (unpaired) electrons. The summed E-state index contributed by atoms with van der Waals surface area (Å²) in [5.74, 6) is 0.167. The van der Waals surface area contributed by atoms with Gasteiger partial charge in [-0.25, -0.2) is 4.68 Å². The Bertz CT molecular complexity index is 1330. The predicted octanol–water partition coefficient (Wildman–Crippen LogP) is 4.52. The second-order valence-corrected chi connectivity index (χ2v) is 7.15. The van der Waals surface area contributed by atoms with Crippen molar-refractivity contribution in [3.05, 3.63) is 109 Å². The zero-order valence-electron chi connectivity index (χ0n) is 17.1. The molecule has 5 rings (SSSR count). The molecule has 0 aliphatic carbocycles. The lowest BCUT2D eigenvalue weighted by molar-refractivity contribution is 0.0942. The van der Waals surface area contributed by atoms with Gasteiger partial charge in [0, 0.05) is 47.9 Å². The average molecular weight is 421 g/mol. The lowest BCUT2D eigenvalue weighted by atomic mass is 10.1. The molecule has 156 valence electrons. The number of amides is 1. The maximum Gasteiger partial charge on any atom is 0.273 e. The third kappa shape index (κ3) is 4.04. The minimum atomic E-state index is -0.324. The van der Waals surface area contributed by atoms with Gasteiger partial charge in [0.1, 0.15) is 0 Å². The molecule has 0 aliphatic rings. The molecule has 3 heterocycles. The molecule has 0 saturated heterocycles. The van der Waals surface area contributed by atoms with E-state index in [-0.39, 0.29) is 11.6 Å². The number of nitrogens with zero attached hydrogens (tertiary/aromatic N) is 4. The normalized spacial score (nSPS) is 10.8. The minimum absolute atomic E-state index is 0.209. The highest BCUT2D eigenvalue weighted by Gasteiger charge is 2.17. The Kier molecular flexibility index (Phi) is 5.28. The van der Waals surface area contributed by atoms with Crippen LogP contribution < -0.4 is 5.32 Å². The fourth-order valence-corrected chi connectivity index (χ4v) is 3.38. The standard InChI is InChI=1S/C25H19N5O2/c31-25(22-14-23(32-29-22)19-10-7-13-26-15-19)27-16-20-17-30(21-11-5-2-6-12-21)28-24(20)18-8-3-1-4-9-18/h1-15,17H,16H2,(H,27,31). The van der Waals surface area contributed by atoms with Crippen molar-refractivity contribution < 1.29 is 9.32 Å². The summed E-state index contributed by atoms with van der Waals surface area (Å²) < 4.78 is 7.13. The van der Waals surface area contributed by atoms with Gasteiger partial charge >= 0.3 is 0 Å². The zero-order valence-corrected chi connectivity index (χ0v) is 17.1. The van der Waals surface area contributed by atoms with Gasteiger partial charge < -0.3 is 9.84 Å². The van der Waals surface area contributed by atoms with E-state index in [4.69, 9.17) is 9.62 Å². The molecule has 1 amide bonds. The highest BCUT2D eigenvalue weighted by molar-refractivity contribution is 5.93. The molecule has 5 aromatic rings. The fourth-order valence-electron chi connectivity index (χ4n) is 3.38. The van der Waals surface area contributed by atoms with Crippen molar-refractivity contribution in [3.8, 4) is 28.3 Å². The van der Waals surface area contributed by atoms with E-state index in [0.717, 1.165) is 28.1 Å². The van der Waals surface area contributed by atoms with Crippen molar-refractivity contribution >= 4 is 5.91 Å². The van der Waals surface area contributed by atoms with Crippen LogP contribution in [0.4, 0.5) is 0 Å². The van der Waals surface area contributed by atoms with E-state index in [1.807, 2.05) is 77.6 Å². The van der Waals surface area contributed by atoms with Gasteiger partial charge in [0.25, 0.3) is 5.91 Å². The third-order valence-corrected chi connectivity index (χ3v) is 4.99. The Balaban J connectivity index is 1.38. The Labute approximate surface area is 184 Å². The molecule has 0 fully saturated rings. The largest absolute Gasteiger partial charge is 0.355 e. The van der Waals surface area contributed by atoms with Gasteiger partial charge in [-0.1, -0.05) is 53.7 Å². The summed E-state index contributed by atoms with van der Waals surface area (Å²) in [6.07, 6.45) is 5.27. The zero-order chi connectivity index (χ0) is 21.8. The van der Waals surface area contributed by atoms with Crippen molar-refractivity contribution in [1.82, 2.24) is 25.2 Å². The molecule has 0 bridgehead atoms. The van der Waals surface area contributed by atoms with E-state index < -0.39 is 0 Å². The second kappa shape index (κ2) is 8.69. The van der Waals surface area contributed by atoms with Crippen LogP contribution in [0.25, 0.3) is 28.3 Å². The fraction of sp³-hybridized carbons (Fsp3) is 0.0400. The van der Waals surface area contributed by atoms with E-state index in [1.54, 1.807) is 24.5 Å². The van der Waals surface area contributed by atoms with Gasteiger partial charge in [0.2, 0.25) is 0 Å². The monoisotopic (exact) mass is 421 g/mol. The first-order chi connectivity index (χ1) is 15.8. The Hall–Kier alpha value is -4.52. The quantitative estimate of drug-likeness (QED) is 0.436. The van der Waals surface area contributed by atoms with E-state index in [9.17, 15) is 4.79 Å². The summed E-state index contributed by atoms with van der Waals surface area (Å²) in [4.78, 5) is 16.8. The van der Waals surface area contributed by atoms with Crippen molar-refractivity contribution in [3.63, 3.8) is 0 Å². The minimum Gasteiger partial charge on any atom is -0.355 e. The SMILES string of the molecule is O=C(NCc1cn(-c2ccccc2)nc1-c1ccccc1)c1cc(-c2cccnc2)on1. The summed E-state index contributed by atoms with van der Waals surface area (Å²) in [7, 11) is 0. The molecule has 7 nitrogen and oxygen atoms in total. The van der Waals surface area contributed by atoms with Gasteiger partial charge in [0.05, 0.1) is 11.4 Å². The number of hydrogen-bond donors (Lipinski definition) is 1. The highest BCUT2D eigenvalue weighted by atomic mass is 16.5. The number of para-hydroxylation sites is 1. The topological polar surface area (TPSA) is 85.8 Å². The number of pyridine rings is 1. The molecule has 0 unspecified atom stereocenters. The van der Waals surface area contributed by atoms with E-state index in [1.165, 1.54) is 0 Å². The van der Waals surface area contributed by atoms with Crippen LogP contribution in [0, 0.1) is 0 Å². The van der Waals surface area contributed by atoms with Crippen LogP contribution in [-0.4, -0.2) is 25.8 Å². The maximum absolute atomic E-state index is 12.7. The van der Waals surface area contributed by atoms with Gasteiger partial charge in [-0.15, -0.1) is 0 Å². The molecule has 0 aliphatic heterocycles. The van der Waals surface area contributed by atoms with Crippen molar-refractivity contribution in [2.75, 3.05) is 0 Å². The first-order valence-electron chi connectivity index (χ1n) is 10.1. The van der Waals surface area contributed by atoms with E-state index >= 15 is 0 Å². The predicted molar refractivity (Wildman–Crippen MR) is 120 cm³/mol. The van der Waals surface area contributed by atoms with E-state index in [2.05, 4.69) is 15.5 Å². The van der Waals surface area contributed by atoms with Gasteiger partial charge in [-0.2, -0.15) is 5.10 Å². The summed E-state index contributed by atoms with van der Waals surface area (Å²) in [5.41, 5.74) is 4.59. The molecule has 32 heavy (non-hydrogen) atoms. The Morgan fingerprint density at radius 1 is 0.938 bits per heavy atom. The van der Waals surface area contributed by atoms with Crippen molar-refractivity contribution in [2.24, 2.45) is 0 Å². The van der Waals surface area contributed by atoms with Crippen LogP contribution in [0.2, 0.25) is 0 Å². The molecular weight excluding hydrogens is 402 g/mol. The van der Waals surface area contributed by atoms with Gasteiger partial charge in [0.15, 0.2) is 11.5 Å². The molecular formula is C25H19N5O2. The summed E-state index contributed by atoms with van der Waals surface area (Å²) in [5, 5.41) is 11.6. The molecule has 2 aromatic carbocycles. The first kappa shape index (κ1) is 19.4. The molecule has 0 atom stereocenters. The van der Waals surface area contributed by atoms with Crippen LogP contribution in [-0.2, 0) is 6.54 Å². The lowest BCUT2D eigenvalue weighted by Gasteiger charge is -2.03. The number of benzene rings is 2. The Morgan fingerprint density at radius 2 is 1.69 bits per heavy atom. The van der Waals surface area contributed by atoms with Crippen molar-refractivity contribution in [2.45, 2.75) is 6.54 Å². The number of rotatable bonds is 6. The molecule has 0 saturated carbocycles. The number of hydrogen-bond acceptors (Lipinski definition) is 5. The van der Waals surface area contributed by atoms with Crippen LogP contribution in [0.15, 0.2) is 102 Å². The van der Waals surface area contributed by atoms with Gasteiger partial charge in [-0.05, 0) is 24.3 Å². The van der Waals surface area contributed by atoms with Crippen LogP contribution >= 0.6 is 0 Å². The second-order valence-electron chi connectivity index (χ2n) is 7.15. The maximum atomic E-state index is 12.7. The molecule has 1 N–H and O–H groups in total. The number of nitrogens with one attached hydrogen (secondary N) is 1. The number of carbonyl (C=O) groups excluding carboxylic acids is 1. The summed E-state index contributed by atoms with van der Waals surface area (Å²) in [6, 6.07) is 25.0. The molecule has 0 spiro atoms. The number of carbonyl (C=O) groups is 1. The average Bonchev–Trinajstić information content (AvgIpc) is 3.52. The van der Waals surface area contributed by atoms with Crippen molar-refractivity contribution in [1.29, 1.82) is 0 Å². The molecule has 7 heteroatoms. The first-order valence-corrected chi connectivity index (χ1v) is 10.1. The number of aromatic nitrogens is 4. The third-order valence-electron chi connectivity index (χ3n) is 4.99. The highest BCUT2D eigenvalue weighted by Crippen LogP contribution is 2.24. The summed E-state index contributed by atoms with van der Waals surface area (Å²) in [6.45, 7) is 0.297. The van der Waals surface area contributed by atoms with Gasteiger partial charge in [-0.3, -0.25) is 9.78 Å².